The number of halogens is 3. The van der Waals surface area contributed by atoms with Crippen LogP contribution >= 0.6 is 0 Å². The molecule has 10 heteroatoms. The second kappa shape index (κ2) is 5.43. The van der Waals surface area contributed by atoms with E-state index in [1.165, 1.54) is 6.07 Å². The number of nitro groups is 1. The van der Waals surface area contributed by atoms with Gasteiger partial charge in [-0.3, -0.25) is 10.1 Å². The molecule has 0 saturated carbocycles. The summed E-state index contributed by atoms with van der Waals surface area (Å²) in [6.07, 6.45) is -5.18. The number of esters is 1. The molecule has 0 unspecified atom stereocenters. The van der Waals surface area contributed by atoms with Crippen molar-refractivity contribution in [2.24, 2.45) is 0 Å². The van der Waals surface area contributed by atoms with Crippen molar-refractivity contribution in [1.29, 1.82) is 5.26 Å². The largest absolute Gasteiger partial charge is 0.573 e. The molecule has 0 amide bonds. The lowest BCUT2D eigenvalue weighted by molar-refractivity contribution is -0.389. The van der Waals surface area contributed by atoms with E-state index < -0.39 is 39.8 Å². The lowest BCUT2D eigenvalue weighted by Crippen LogP contribution is -2.19. The average Bonchev–Trinajstić information content (AvgIpc) is 2.34. The maximum Gasteiger partial charge on any atom is 0.573 e. The third kappa shape index (κ3) is 3.14. The van der Waals surface area contributed by atoms with Crippen LogP contribution in [0.2, 0.25) is 0 Å². The van der Waals surface area contributed by atoms with Gasteiger partial charge in [-0.25, -0.2) is 4.79 Å². The van der Waals surface area contributed by atoms with Crippen LogP contribution in [0.4, 0.5) is 18.9 Å². The fraction of sp³-hybridized carbons (Fsp3) is 0.200. The van der Waals surface area contributed by atoms with Crippen LogP contribution in [-0.4, -0.2) is 24.4 Å². The fourth-order valence-corrected chi connectivity index (χ4v) is 1.35. The maximum atomic E-state index is 12.1. The first kappa shape index (κ1) is 15.2. The maximum absolute atomic E-state index is 12.1. The molecule has 106 valence electrons. The van der Waals surface area contributed by atoms with Crippen molar-refractivity contribution < 1.29 is 32.4 Å². The Morgan fingerprint density at radius 3 is 2.45 bits per heavy atom. The molecule has 0 bridgehead atoms. The monoisotopic (exact) mass is 290 g/mol. The quantitative estimate of drug-likeness (QED) is 0.480. The number of rotatable bonds is 3. The number of nitrogens with zero attached hydrogens (tertiary/aromatic N) is 2. The van der Waals surface area contributed by atoms with Gasteiger partial charge >= 0.3 is 18.0 Å². The summed E-state index contributed by atoms with van der Waals surface area (Å²) in [5, 5.41) is 19.6. The number of methoxy groups -OCH3 is 1. The summed E-state index contributed by atoms with van der Waals surface area (Å²) in [5.41, 5.74) is -2.66. The van der Waals surface area contributed by atoms with Gasteiger partial charge in [0.25, 0.3) is 0 Å². The minimum absolute atomic E-state index is 0.531. The number of nitro benzene ring substituents is 1. The average molecular weight is 290 g/mol. The number of alkyl halides is 3. The highest BCUT2D eigenvalue weighted by Gasteiger charge is 2.37. The van der Waals surface area contributed by atoms with Crippen LogP contribution in [0.3, 0.4) is 0 Å². The fourth-order valence-electron chi connectivity index (χ4n) is 1.35. The first-order valence-electron chi connectivity index (χ1n) is 4.76. The lowest BCUT2D eigenvalue weighted by atomic mass is 10.1. The second-order valence-electron chi connectivity index (χ2n) is 3.24. The molecule has 0 radical (unpaired) electrons. The van der Waals surface area contributed by atoms with Crippen molar-refractivity contribution in [3.05, 3.63) is 33.4 Å². The number of benzene rings is 1. The van der Waals surface area contributed by atoms with Gasteiger partial charge in [-0.05, 0) is 12.1 Å². The molecule has 0 atom stereocenters. The van der Waals surface area contributed by atoms with Gasteiger partial charge in [-0.15, -0.1) is 13.2 Å². The molecule has 0 aliphatic heterocycles. The molecule has 0 aromatic heterocycles. The van der Waals surface area contributed by atoms with Crippen molar-refractivity contribution in [3.8, 4) is 11.8 Å². The van der Waals surface area contributed by atoms with Crippen molar-refractivity contribution in [1.82, 2.24) is 0 Å². The molecule has 0 fully saturated rings. The molecule has 0 aliphatic rings. The van der Waals surface area contributed by atoms with E-state index in [0.29, 0.717) is 6.07 Å². The molecule has 7 nitrogen and oxygen atoms in total. The highest BCUT2D eigenvalue weighted by molar-refractivity contribution is 5.94. The second-order valence-corrected chi connectivity index (χ2v) is 3.24. The molecule has 1 rings (SSSR count). The van der Waals surface area contributed by atoms with Gasteiger partial charge in [-0.1, -0.05) is 0 Å². The molecule has 20 heavy (non-hydrogen) atoms. The van der Waals surface area contributed by atoms with Crippen molar-refractivity contribution in [3.63, 3.8) is 0 Å². The van der Waals surface area contributed by atoms with Crippen LogP contribution in [0, 0.1) is 21.4 Å². The van der Waals surface area contributed by atoms with Crippen LogP contribution in [-0.2, 0) is 4.74 Å². The number of ether oxygens (including phenoxy) is 2. The Morgan fingerprint density at radius 1 is 1.45 bits per heavy atom. The molecule has 0 N–H and O–H groups in total. The highest BCUT2D eigenvalue weighted by Crippen LogP contribution is 2.36. The lowest BCUT2D eigenvalue weighted by Gasteiger charge is -2.11. The van der Waals surface area contributed by atoms with E-state index in [1.54, 1.807) is 0 Å². The van der Waals surface area contributed by atoms with Gasteiger partial charge in [-0.2, -0.15) is 5.26 Å². The topological polar surface area (TPSA) is 102 Å². The van der Waals surface area contributed by atoms with E-state index in [-0.39, 0.29) is 0 Å². The smallest absolute Gasteiger partial charge is 0.465 e. The van der Waals surface area contributed by atoms with Gasteiger partial charge in [0, 0.05) is 0 Å². The SMILES string of the molecule is COC(=O)c1ccc(OC(F)(F)F)c([N+](=O)[O-])c1C#N. The predicted molar refractivity (Wildman–Crippen MR) is 55.8 cm³/mol. The first-order chi connectivity index (χ1) is 9.21. The van der Waals surface area contributed by atoms with E-state index in [9.17, 15) is 28.1 Å². The third-order valence-electron chi connectivity index (χ3n) is 2.07. The van der Waals surface area contributed by atoms with E-state index in [1.807, 2.05) is 0 Å². The Labute approximate surface area is 109 Å². The summed E-state index contributed by atoms with van der Waals surface area (Å²) in [6, 6.07) is 2.64. The van der Waals surface area contributed by atoms with Crippen molar-refractivity contribution in [2.45, 2.75) is 6.36 Å². The van der Waals surface area contributed by atoms with Gasteiger partial charge < -0.3 is 9.47 Å². The predicted octanol–water partition coefficient (Wildman–Crippen LogP) is 2.15. The molecular formula is C10H5F3N2O5. The Hall–Kier alpha value is -2.83. The summed E-state index contributed by atoms with van der Waals surface area (Å²) in [7, 11) is 0.954. The third-order valence-corrected chi connectivity index (χ3v) is 2.07. The van der Waals surface area contributed by atoms with E-state index in [4.69, 9.17) is 5.26 Å². The first-order valence-corrected chi connectivity index (χ1v) is 4.76. The highest BCUT2D eigenvalue weighted by atomic mass is 19.4. The Bertz CT molecular complexity index is 606. The summed E-state index contributed by atoms with van der Waals surface area (Å²) < 4.78 is 44.1. The Kier molecular flexibility index (Phi) is 4.14. The van der Waals surface area contributed by atoms with Crippen LogP contribution in [0.5, 0.6) is 5.75 Å². The van der Waals surface area contributed by atoms with E-state index >= 15 is 0 Å². The number of carbonyl (C=O) groups excluding carboxylic acids is 1. The van der Waals surface area contributed by atoms with Crippen molar-refractivity contribution in [2.75, 3.05) is 7.11 Å². The Morgan fingerprint density at radius 2 is 2.05 bits per heavy atom. The molecule has 0 saturated heterocycles. The van der Waals surface area contributed by atoms with Gasteiger partial charge in [0.2, 0.25) is 5.75 Å². The van der Waals surface area contributed by atoms with Gasteiger partial charge in [0.15, 0.2) is 0 Å². The minimum atomic E-state index is -5.18. The van der Waals surface area contributed by atoms with Crippen LogP contribution < -0.4 is 4.74 Å². The summed E-state index contributed by atoms with van der Waals surface area (Å²) in [5.74, 6) is -2.28. The van der Waals surface area contributed by atoms with Crippen molar-refractivity contribution >= 4 is 11.7 Å². The van der Waals surface area contributed by atoms with Crippen LogP contribution in [0.15, 0.2) is 12.1 Å². The zero-order valence-corrected chi connectivity index (χ0v) is 9.72. The van der Waals surface area contributed by atoms with Crippen LogP contribution in [0.25, 0.3) is 0 Å². The summed E-state index contributed by atoms with van der Waals surface area (Å²) in [4.78, 5) is 20.9. The molecular weight excluding hydrogens is 285 g/mol. The number of carbonyl (C=O) groups is 1. The zero-order valence-electron chi connectivity index (χ0n) is 9.72. The van der Waals surface area contributed by atoms with Gasteiger partial charge in [0.05, 0.1) is 17.6 Å². The summed E-state index contributed by atoms with van der Waals surface area (Å²) >= 11 is 0. The van der Waals surface area contributed by atoms with Gasteiger partial charge in [0.1, 0.15) is 11.6 Å². The summed E-state index contributed by atoms with van der Waals surface area (Å²) in [6.45, 7) is 0. The van der Waals surface area contributed by atoms with E-state index in [0.717, 1.165) is 13.2 Å². The standard InChI is InChI=1S/C10H5F3N2O5/c1-19-9(16)5-2-3-7(20-10(11,12)13)8(15(17)18)6(5)4-14/h2-3H,1H3. The molecule has 1 aromatic rings. The van der Waals surface area contributed by atoms with Crippen LogP contribution in [0.1, 0.15) is 15.9 Å². The minimum Gasteiger partial charge on any atom is -0.465 e. The zero-order chi connectivity index (χ0) is 15.5. The number of hydrogen-bond donors (Lipinski definition) is 0. The Balaban J connectivity index is 3.55. The molecule has 0 spiro atoms. The van der Waals surface area contributed by atoms with E-state index in [2.05, 4.69) is 9.47 Å². The normalized spacial score (nSPS) is 10.6. The number of hydrogen-bond acceptors (Lipinski definition) is 6. The number of nitriles is 1. The molecule has 1 aromatic carbocycles. The molecule has 0 heterocycles. The molecule has 0 aliphatic carbocycles.